The van der Waals surface area contributed by atoms with E-state index >= 15 is 0 Å². The average Bonchev–Trinajstić information content (AvgIpc) is 2.74. The van der Waals surface area contributed by atoms with Crippen molar-refractivity contribution in [2.75, 3.05) is 13.1 Å². The zero-order valence-corrected chi connectivity index (χ0v) is 17.6. The summed E-state index contributed by atoms with van der Waals surface area (Å²) in [4.78, 5) is 14.0. The molecular weight excluding hydrogens is 411 g/mol. The van der Waals surface area contributed by atoms with Crippen molar-refractivity contribution in [3.8, 4) is 17.2 Å². The lowest BCUT2D eigenvalue weighted by atomic mass is 10.1. The normalized spacial score (nSPS) is 12.0. The van der Waals surface area contributed by atoms with Crippen LogP contribution in [-0.4, -0.2) is 18.2 Å². The van der Waals surface area contributed by atoms with E-state index < -0.39 is 23.1 Å². The first-order chi connectivity index (χ1) is 14.7. The zero-order valence-electron chi connectivity index (χ0n) is 17.6. The fraction of sp³-hybridized carbons (Fsp3) is 0.348. The molecule has 0 spiro atoms. The van der Waals surface area contributed by atoms with E-state index in [1.165, 1.54) is 24.3 Å². The van der Waals surface area contributed by atoms with Crippen LogP contribution in [0.2, 0.25) is 0 Å². The Labute approximate surface area is 177 Å². The Morgan fingerprint density at radius 3 is 2.23 bits per heavy atom. The van der Waals surface area contributed by atoms with E-state index in [4.69, 9.17) is 9.15 Å². The number of phenols is 1. The van der Waals surface area contributed by atoms with Gasteiger partial charge in [0, 0.05) is 0 Å². The number of benzene rings is 2. The quantitative estimate of drug-likeness (QED) is 0.580. The fourth-order valence-corrected chi connectivity index (χ4v) is 3.40. The first-order valence-electron chi connectivity index (χ1n) is 10.2. The molecule has 3 aromatic rings. The van der Waals surface area contributed by atoms with Crippen LogP contribution >= 0.6 is 0 Å². The third-order valence-corrected chi connectivity index (χ3v) is 5.33. The van der Waals surface area contributed by atoms with Crippen LogP contribution in [0.1, 0.15) is 37.7 Å². The summed E-state index contributed by atoms with van der Waals surface area (Å²) in [7, 11) is 0. The lowest BCUT2D eigenvalue weighted by Crippen LogP contribution is -3.10. The smallest absolute Gasteiger partial charge is 0.453 e. The number of halogens is 3. The first-order valence-corrected chi connectivity index (χ1v) is 10.2. The lowest BCUT2D eigenvalue weighted by Gasteiger charge is -2.18. The molecule has 0 unspecified atom stereocenters. The van der Waals surface area contributed by atoms with Gasteiger partial charge in [0.25, 0.3) is 5.76 Å². The number of aryl methyl sites for hydroxylation is 1. The minimum atomic E-state index is -4.96. The largest absolute Gasteiger partial charge is 0.507 e. The van der Waals surface area contributed by atoms with Gasteiger partial charge in [0.2, 0.25) is 11.2 Å². The van der Waals surface area contributed by atoms with Gasteiger partial charge >= 0.3 is 6.18 Å². The number of rotatable bonds is 7. The molecule has 166 valence electrons. The maximum absolute atomic E-state index is 13.8. The van der Waals surface area contributed by atoms with Crippen molar-refractivity contribution in [2.24, 2.45) is 0 Å². The van der Waals surface area contributed by atoms with Gasteiger partial charge < -0.3 is 19.2 Å². The second-order valence-corrected chi connectivity index (χ2v) is 7.26. The fourth-order valence-electron chi connectivity index (χ4n) is 3.40. The average molecular weight is 436 g/mol. The van der Waals surface area contributed by atoms with Crippen LogP contribution in [0.15, 0.2) is 45.6 Å². The van der Waals surface area contributed by atoms with Gasteiger partial charge in [-0.1, -0.05) is 19.1 Å². The highest BCUT2D eigenvalue weighted by molar-refractivity contribution is 5.83. The van der Waals surface area contributed by atoms with Crippen LogP contribution in [0.3, 0.4) is 0 Å². The van der Waals surface area contributed by atoms with E-state index in [9.17, 15) is 23.1 Å². The highest BCUT2D eigenvalue weighted by Crippen LogP contribution is 2.39. The molecule has 0 saturated carbocycles. The predicted octanol–water partition coefficient (Wildman–Crippen LogP) is 4.30. The molecule has 0 radical (unpaired) electrons. The van der Waals surface area contributed by atoms with Gasteiger partial charge in [0.15, 0.2) is 5.58 Å². The molecule has 0 aliphatic carbocycles. The Kier molecular flexibility index (Phi) is 6.59. The third kappa shape index (κ3) is 4.69. The summed E-state index contributed by atoms with van der Waals surface area (Å²) < 4.78 is 52.1. The Bertz CT molecular complexity index is 1120. The molecule has 2 N–H and O–H groups in total. The van der Waals surface area contributed by atoms with Gasteiger partial charge in [-0.25, -0.2) is 0 Å². The molecule has 0 aliphatic heterocycles. The van der Waals surface area contributed by atoms with Crippen molar-refractivity contribution >= 4 is 11.0 Å². The molecule has 0 saturated heterocycles. The number of ether oxygens (including phenoxy) is 1. The Hall–Kier alpha value is -3.00. The third-order valence-electron chi connectivity index (χ3n) is 5.33. The van der Waals surface area contributed by atoms with E-state index in [2.05, 4.69) is 0 Å². The number of nitrogens with one attached hydrogen (secondary N) is 1. The van der Waals surface area contributed by atoms with Crippen LogP contribution in [0.4, 0.5) is 13.2 Å². The molecule has 5 nitrogen and oxygen atoms in total. The number of alkyl halides is 3. The Morgan fingerprint density at radius 2 is 1.68 bits per heavy atom. The molecule has 0 fully saturated rings. The maximum atomic E-state index is 13.8. The molecule has 2 aromatic carbocycles. The summed E-state index contributed by atoms with van der Waals surface area (Å²) in [6, 6.07) is 9.00. The Morgan fingerprint density at radius 1 is 1.03 bits per heavy atom. The summed E-state index contributed by atoms with van der Waals surface area (Å²) >= 11 is 0. The highest BCUT2D eigenvalue weighted by atomic mass is 19.4. The van der Waals surface area contributed by atoms with E-state index in [1.54, 1.807) is 12.1 Å². The van der Waals surface area contributed by atoms with E-state index in [0.717, 1.165) is 16.9 Å². The number of aromatic hydroxyl groups is 1. The van der Waals surface area contributed by atoms with E-state index in [0.29, 0.717) is 13.1 Å². The van der Waals surface area contributed by atoms with Crippen molar-refractivity contribution in [3.63, 3.8) is 0 Å². The van der Waals surface area contributed by atoms with Crippen molar-refractivity contribution in [2.45, 2.75) is 39.9 Å². The van der Waals surface area contributed by atoms with Gasteiger partial charge in [-0.15, -0.1) is 0 Å². The van der Waals surface area contributed by atoms with Gasteiger partial charge in [-0.05, 0) is 50.1 Å². The molecule has 0 bridgehead atoms. The minimum absolute atomic E-state index is 0.0764. The molecule has 3 rings (SSSR count). The van der Waals surface area contributed by atoms with Crippen LogP contribution in [0.5, 0.6) is 17.2 Å². The van der Waals surface area contributed by atoms with Gasteiger partial charge in [-0.3, -0.25) is 4.79 Å². The van der Waals surface area contributed by atoms with Crippen LogP contribution < -0.4 is 15.1 Å². The van der Waals surface area contributed by atoms with Gasteiger partial charge in [0.1, 0.15) is 18.0 Å². The van der Waals surface area contributed by atoms with Crippen molar-refractivity contribution in [3.05, 3.63) is 63.5 Å². The highest BCUT2D eigenvalue weighted by Gasteiger charge is 2.41. The molecule has 0 amide bonds. The second-order valence-electron chi connectivity index (χ2n) is 7.26. The molecule has 0 atom stereocenters. The molecule has 8 heteroatoms. The zero-order chi connectivity index (χ0) is 22.8. The molecule has 0 aliphatic rings. The molecule has 1 aromatic heterocycles. The van der Waals surface area contributed by atoms with Gasteiger partial charge in [0.05, 0.1) is 24.0 Å². The number of hydrogen-bond donors (Lipinski definition) is 2. The standard InChI is InChI=1S/C23H24F3NO4/c1-4-14-7-9-15(10-8-14)30-21-19(29)16-11-12-18(28)17(13-27(5-2)6-3)20(16)31-22(21)23(24,25)26/h7-12,28H,4-6,13H2,1-3H3/p+1. The van der Waals surface area contributed by atoms with Crippen LogP contribution in [0, 0.1) is 0 Å². The summed E-state index contributed by atoms with van der Waals surface area (Å²) in [5.41, 5.74) is -0.0695. The second kappa shape index (κ2) is 9.01. The first kappa shape index (κ1) is 22.7. The number of fused-ring (bicyclic) bond motifs is 1. The lowest BCUT2D eigenvalue weighted by molar-refractivity contribution is -0.910. The van der Waals surface area contributed by atoms with E-state index in [-0.39, 0.29) is 34.6 Å². The predicted molar refractivity (Wildman–Crippen MR) is 111 cm³/mol. The number of quaternary nitrogens is 1. The van der Waals surface area contributed by atoms with Crippen molar-refractivity contribution in [1.82, 2.24) is 0 Å². The van der Waals surface area contributed by atoms with Crippen molar-refractivity contribution in [1.29, 1.82) is 0 Å². The monoisotopic (exact) mass is 436 g/mol. The summed E-state index contributed by atoms with van der Waals surface area (Å²) in [6.07, 6.45) is -4.20. The molecule has 31 heavy (non-hydrogen) atoms. The Balaban J connectivity index is 2.22. The maximum Gasteiger partial charge on any atom is 0.453 e. The van der Waals surface area contributed by atoms with Gasteiger partial charge in [-0.2, -0.15) is 13.2 Å². The SMILES string of the molecule is CCc1ccc(Oc2c(C(F)(F)F)oc3c(C[NH+](CC)CC)c(O)ccc3c2=O)cc1. The molecular formula is C23H25F3NO4+. The van der Waals surface area contributed by atoms with Crippen LogP contribution in [-0.2, 0) is 19.1 Å². The number of hydrogen-bond acceptors (Lipinski definition) is 4. The summed E-state index contributed by atoms with van der Waals surface area (Å²) in [5.74, 6) is -2.56. The van der Waals surface area contributed by atoms with Crippen molar-refractivity contribution < 1.29 is 32.3 Å². The van der Waals surface area contributed by atoms with E-state index in [1.807, 2.05) is 20.8 Å². The van der Waals surface area contributed by atoms with Crippen LogP contribution in [0.25, 0.3) is 11.0 Å². The summed E-state index contributed by atoms with van der Waals surface area (Å²) in [5, 5.41) is 10.2. The minimum Gasteiger partial charge on any atom is -0.507 e. The number of phenolic OH excluding ortho intramolecular Hbond substituents is 1. The summed E-state index contributed by atoms with van der Waals surface area (Å²) in [6.45, 7) is 7.40. The topological polar surface area (TPSA) is 64.1 Å². The molecule has 1 heterocycles.